The zero-order valence-electron chi connectivity index (χ0n) is 13.8. The number of amides is 2. The van der Waals surface area contributed by atoms with E-state index in [0.29, 0.717) is 22.7 Å². The van der Waals surface area contributed by atoms with Gasteiger partial charge in [0.25, 0.3) is 5.91 Å². The lowest BCUT2D eigenvalue weighted by atomic mass is 10.1. The van der Waals surface area contributed by atoms with Crippen LogP contribution in [0.1, 0.15) is 22.3 Å². The lowest BCUT2D eigenvalue weighted by molar-refractivity contribution is -0.116. The monoisotopic (exact) mass is 327 g/mol. The average molecular weight is 327 g/mol. The van der Waals surface area contributed by atoms with E-state index in [-0.39, 0.29) is 24.8 Å². The van der Waals surface area contributed by atoms with E-state index in [1.54, 1.807) is 30.3 Å². The zero-order chi connectivity index (χ0) is 17.5. The first-order valence-electron chi connectivity index (χ1n) is 7.59. The fourth-order valence-corrected chi connectivity index (χ4v) is 2.14. The number of methoxy groups -OCH3 is 1. The number of ether oxygens (including phenoxy) is 1. The second kappa shape index (κ2) is 8.12. The van der Waals surface area contributed by atoms with Gasteiger partial charge in [-0.15, -0.1) is 0 Å². The Kier molecular flexibility index (Phi) is 5.92. The first kappa shape index (κ1) is 17.5. The molecule has 0 unspecified atom stereocenters. The van der Waals surface area contributed by atoms with Gasteiger partial charge in [-0.2, -0.15) is 0 Å². The quantitative estimate of drug-likeness (QED) is 0.760. The summed E-state index contributed by atoms with van der Waals surface area (Å²) in [5.41, 5.74) is 8.06. The van der Waals surface area contributed by atoms with Crippen LogP contribution in [0.2, 0.25) is 0 Å². The highest BCUT2D eigenvalue weighted by molar-refractivity contribution is 6.05. The highest BCUT2D eigenvalue weighted by Crippen LogP contribution is 2.28. The minimum Gasteiger partial charge on any atom is -0.495 e. The number of anilines is 2. The molecule has 0 fully saturated rings. The molecule has 126 valence electrons. The molecule has 0 aliphatic heterocycles. The van der Waals surface area contributed by atoms with Gasteiger partial charge in [0.15, 0.2) is 0 Å². The predicted molar refractivity (Wildman–Crippen MR) is 94.4 cm³/mol. The molecule has 2 rings (SSSR count). The van der Waals surface area contributed by atoms with Crippen LogP contribution in [0, 0.1) is 6.92 Å². The van der Waals surface area contributed by atoms with Crippen LogP contribution in [0.5, 0.6) is 5.75 Å². The molecule has 0 atom stereocenters. The van der Waals surface area contributed by atoms with Gasteiger partial charge >= 0.3 is 0 Å². The van der Waals surface area contributed by atoms with Crippen LogP contribution in [0.25, 0.3) is 0 Å². The first-order chi connectivity index (χ1) is 11.5. The Bertz CT molecular complexity index is 727. The van der Waals surface area contributed by atoms with E-state index >= 15 is 0 Å². The highest BCUT2D eigenvalue weighted by atomic mass is 16.5. The number of carbonyl (C=O) groups is 2. The summed E-state index contributed by atoms with van der Waals surface area (Å²) in [4.78, 5) is 24.0. The van der Waals surface area contributed by atoms with Gasteiger partial charge in [-0.3, -0.25) is 9.59 Å². The molecular weight excluding hydrogens is 306 g/mol. The molecule has 2 amide bonds. The van der Waals surface area contributed by atoms with Crippen LogP contribution in [0.15, 0.2) is 42.5 Å². The van der Waals surface area contributed by atoms with Crippen molar-refractivity contribution in [1.82, 2.24) is 0 Å². The molecule has 0 aliphatic carbocycles. The van der Waals surface area contributed by atoms with Crippen LogP contribution in [0.4, 0.5) is 11.4 Å². The molecule has 0 spiro atoms. The van der Waals surface area contributed by atoms with Crippen LogP contribution in [0.3, 0.4) is 0 Å². The largest absolute Gasteiger partial charge is 0.495 e. The maximum atomic E-state index is 12.3. The summed E-state index contributed by atoms with van der Waals surface area (Å²) >= 11 is 0. The van der Waals surface area contributed by atoms with Crippen molar-refractivity contribution in [2.24, 2.45) is 5.73 Å². The van der Waals surface area contributed by atoms with Gasteiger partial charge in [-0.25, -0.2) is 0 Å². The SMILES string of the molecule is COc1ccc(NC(=O)c2ccc(C)cc2)cc1NC(=O)CCN. The minimum absolute atomic E-state index is 0.210. The van der Waals surface area contributed by atoms with Crippen molar-refractivity contribution in [2.45, 2.75) is 13.3 Å². The standard InChI is InChI=1S/C18H21N3O3/c1-12-3-5-13(6-4-12)18(23)20-14-7-8-16(24-2)15(11-14)21-17(22)9-10-19/h3-8,11H,9-10,19H2,1-2H3,(H,20,23)(H,21,22). The number of nitrogens with one attached hydrogen (secondary N) is 2. The van der Waals surface area contributed by atoms with Crippen molar-refractivity contribution < 1.29 is 14.3 Å². The maximum Gasteiger partial charge on any atom is 0.255 e. The summed E-state index contributed by atoms with van der Waals surface area (Å²) in [5.74, 6) is 0.0749. The normalized spacial score (nSPS) is 10.1. The number of benzene rings is 2. The molecule has 0 heterocycles. The Morgan fingerprint density at radius 3 is 2.42 bits per heavy atom. The summed E-state index contributed by atoms with van der Waals surface area (Å²) in [5, 5.41) is 5.53. The topological polar surface area (TPSA) is 93.5 Å². The van der Waals surface area contributed by atoms with Crippen LogP contribution in [-0.4, -0.2) is 25.5 Å². The van der Waals surface area contributed by atoms with Gasteiger partial charge in [0, 0.05) is 24.2 Å². The zero-order valence-corrected chi connectivity index (χ0v) is 13.8. The number of aryl methyl sites for hydroxylation is 1. The third kappa shape index (κ3) is 4.57. The van der Waals surface area contributed by atoms with Gasteiger partial charge in [0.2, 0.25) is 5.91 Å². The fourth-order valence-electron chi connectivity index (χ4n) is 2.14. The summed E-state index contributed by atoms with van der Waals surface area (Å²) in [7, 11) is 1.51. The molecule has 6 nitrogen and oxygen atoms in total. The molecule has 0 saturated carbocycles. The van der Waals surface area contributed by atoms with E-state index in [4.69, 9.17) is 10.5 Å². The van der Waals surface area contributed by atoms with Gasteiger partial charge in [0.1, 0.15) is 5.75 Å². The minimum atomic E-state index is -0.223. The molecule has 0 radical (unpaired) electrons. The molecule has 2 aromatic carbocycles. The average Bonchev–Trinajstić information content (AvgIpc) is 2.56. The maximum absolute atomic E-state index is 12.3. The molecule has 24 heavy (non-hydrogen) atoms. The van der Waals surface area contributed by atoms with Crippen molar-refractivity contribution in [3.8, 4) is 5.75 Å². The van der Waals surface area contributed by atoms with E-state index in [2.05, 4.69) is 10.6 Å². The van der Waals surface area contributed by atoms with Gasteiger partial charge in [0.05, 0.1) is 12.8 Å². The second-order valence-corrected chi connectivity index (χ2v) is 5.32. The second-order valence-electron chi connectivity index (χ2n) is 5.32. The Hall–Kier alpha value is -2.86. The van der Waals surface area contributed by atoms with E-state index in [0.717, 1.165) is 5.56 Å². The number of hydrogen-bond donors (Lipinski definition) is 3. The summed E-state index contributed by atoms with van der Waals surface area (Å²) in [6, 6.07) is 12.3. The molecule has 0 aromatic heterocycles. The number of nitrogens with two attached hydrogens (primary N) is 1. The fraction of sp³-hybridized carbons (Fsp3) is 0.222. The van der Waals surface area contributed by atoms with Gasteiger partial charge in [-0.1, -0.05) is 17.7 Å². The molecular formula is C18H21N3O3. The molecule has 6 heteroatoms. The van der Waals surface area contributed by atoms with Crippen molar-refractivity contribution in [3.63, 3.8) is 0 Å². The van der Waals surface area contributed by atoms with E-state index in [9.17, 15) is 9.59 Å². The third-order valence-electron chi connectivity index (χ3n) is 3.42. The number of hydrogen-bond acceptors (Lipinski definition) is 4. The molecule has 4 N–H and O–H groups in total. The van der Waals surface area contributed by atoms with Crippen molar-refractivity contribution >= 4 is 23.2 Å². The number of rotatable bonds is 6. The third-order valence-corrected chi connectivity index (χ3v) is 3.42. The van der Waals surface area contributed by atoms with Gasteiger partial charge in [-0.05, 0) is 37.3 Å². The smallest absolute Gasteiger partial charge is 0.255 e. The summed E-state index contributed by atoms with van der Waals surface area (Å²) in [6.07, 6.45) is 0.211. The predicted octanol–water partition coefficient (Wildman–Crippen LogP) is 2.54. The first-order valence-corrected chi connectivity index (χ1v) is 7.59. The Morgan fingerprint density at radius 2 is 1.79 bits per heavy atom. The van der Waals surface area contributed by atoms with Crippen LogP contribution < -0.4 is 21.1 Å². The Morgan fingerprint density at radius 1 is 1.08 bits per heavy atom. The van der Waals surface area contributed by atoms with Gasteiger partial charge < -0.3 is 21.1 Å². The van der Waals surface area contributed by atoms with E-state index < -0.39 is 0 Å². The van der Waals surface area contributed by atoms with Crippen molar-refractivity contribution in [3.05, 3.63) is 53.6 Å². The van der Waals surface area contributed by atoms with E-state index in [1.807, 2.05) is 19.1 Å². The lowest BCUT2D eigenvalue weighted by Crippen LogP contribution is -2.17. The summed E-state index contributed by atoms with van der Waals surface area (Å²) in [6.45, 7) is 2.22. The molecule has 0 saturated heterocycles. The molecule has 0 bridgehead atoms. The van der Waals surface area contributed by atoms with Crippen molar-refractivity contribution in [2.75, 3.05) is 24.3 Å². The van der Waals surface area contributed by atoms with E-state index in [1.165, 1.54) is 7.11 Å². The summed E-state index contributed by atoms with van der Waals surface area (Å²) < 4.78 is 5.22. The lowest BCUT2D eigenvalue weighted by Gasteiger charge is -2.13. The highest BCUT2D eigenvalue weighted by Gasteiger charge is 2.11. The van der Waals surface area contributed by atoms with Crippen LogP contribution >= 0.6 is 0 Å². The van der Waals surface area contributed by atoms with Crippen LogP contribution in [-0.2, 0) is 4.79 Å². The Balaban J connectivity index is 2.16. The molecule has 2 aromatic rings. The van der Waals surface area contributed by atoms with Crippen molar-refractivity contribution in [1.29, 1.82) is 0 Å². The molecule has 0 aliphatic rings. The Labute approximate surface area is 141 Å². The number of carbonyl (C=O) groups excluding carboxylic acids is 2.